The van der Waals surface area contributed by atoms with E-state index in [2.05, 4.69) is 16.5 Å². The molecule has 34 heavy (non-hydrogen) atoms. The molecule has 0 bridgehead atoms. The minimum atomic E-state index is -0.461. The first-order valence-corrected chi connectivity index (χ1v) is 10.4. The van der Waals surface area contributed by atoms with E-state index < -0.39 is 4.92 Å². The molecular weight excluding hydrogens is 441 g/mol. The number of aryl methyl sites for hydroxylation is 1. The monoisotopic (exact) mass is 461 g/mol. The summed E-state index contributed by atoms with van der Waals surface area (Å²) in [5.41, 5.74) is 8.07. The number of hydrogen-bond donors (Lipinski definition) is 2. The number of anilines is 1. The van der Waals surface area contributed by atoms with E-state index in [9.17, 15) is 24.6 Å². The minimum Gasteiger partial charge on any atom is -0.382 e. The van der Waals surface area contributed by atoms with Crippen molar-refractivity contribution in [2.45, 2.75) is 19.4 Å². The molecule has 1 amide bonds. The standard InChI is InChI=1S/C23H20FN7O3/c24-16-3-5-17(6-4-16)30-23(26)19(13-25)20(28-30)2-1-10-27-22(32)14-29-11-9-15-12-18(31(33)34)7-8-21(15)29/h3-9,11-12H,1-2,10,14,26H2,(H,27,32). The lowest BCUT2D eigenvalue weighted by atomic mass is 10.1. The Bertz CT molecular complexity index is 1420. The Hall–Kier alpha value is -4.72. The second kappa shape index (κ2) is 9.41. The summed E-state index contributed by atoms with van der Waals surface area (Å²) < 4.78 is 16.3. The summed E-state index contributed by atoms with van der Waals surface area (Å²) in [6.07, 6.45) is 2.65. The number of nitro groups is 1. The zero-order chi connectivity index (χ0) is 24.2. The van der Waals surface area contributed by atoms with Gasteiger partial charge in [0.1, 0.15) is 29.8 Å². The molecule has 0 fully saturated rings. The number of nitrogens with one attached hydrogen (secondary N) is 1. The smallest absolute Gasteiger partial charge is 0.270 e. The van der Waals surface area contributed by atoms with Crippen LogP contribution in [0.5, 0.6) is 0 Å². The van der Waals surface area contributed by atoms with E-state index in [1.165, 1.54) is 41.1 Å². The third kappa shape index (κ3) is 4.56. The Morgan fingerprint density at radius 2 is 2.00 bits per heavy atom. The van der Waals surface area contributed by atoms with Crippen LogP contribution in [0.25, 0.3) is 16.6 Å². The van der Waals surface area contributed by atoms with Crippen LogP contribution in [-0.4, -0.2) is 31.7 Å². The number of fused-ring (bicyclic) bond motifs is 1. The van der Waals surface area contributed by atoms with Crippen molar-refractivity contribution in [3.05, 3.63) is 81.9 Å². The van der Waals surface area contributed by atoms with Crippen molar-refractivity contribution < 1.29 is 14.1 Å². The van der Waals surface area contributed by atoms with Gasteiger partial charge in [-0.25, -0.2) is 9.07 Å². The summed E-state index contributed by atoms with van der Waals surface area (Å²) in [5.74, 6) is -0.430. The van der Waals surface area contributed by atoms with E-state index in [1.54, 1.807) is 22.9 Å². The lowest BCUT2D eigenvalue weighted by Crippen LogP contribution is -2.28. The number of nitrogen functional groups attached to an aromatic ring is 1. The fourth-order valence-electron chi connectivity index (χ4n) is 3.69. The molecule has 172 valence electrons. The van der Waals surface area contributed by atoms with E-state index in [0.29, 0.717) is 36.2 Å². The number of non-ortho nitro benzene ring substituents is 1. The molecule has 4 aromatic rings. The number of carbonyl (C=O) groups is 1. The van der Waals surface area contributed by atoms with Crippen molar-refractivity contribution in [2.75, 3.05) is 12.3 Å². The number of aromatic nitrogens is 3. The van der Waals surface area contributed by atoms with E-state index in [-0.39, 0.29) is 35.3 Å². The highest BCUT2D eigenvalue weighted by atomic mass is 19.1. The van der Waals surface area contributed by atoms with Crippen LogP contribution in [0, 0.1) is 27.3 Å². The number of hydrogen-bond acceptors (Lipinski definition) is 6. The summed E-state index contributed by atoms with van der Waals surface area (Å²) in [5, 5.41) is 28.3. The lowest BCUT2D eigenvalue weighted by Gasteiger charge is -2.07. The van der Waals surface area contributed by atoms with Crippen LogP contribution in [-0.2, 0) is 17.8 Å². The number of rotatable bonds is 8. The molecule has 0 atom stereocenters. The molecule has 0 spiro atoms. The van der Waals surface area contributed by atoms with Crippen molar-refractivity contribution >= 4 is 28.3 Å². The third-order valence-electron chi connectivity index (χ3n) is 5.37. The molecule has 3 N–H and O–H groups in total. The third-order valence-corrected chi connectivity index (χ3v) is 5.37. The van der Waals surface area contributed by atoms with Crippen LogP contribution in [0.15, 0.2) is 54.7 Å². The summed E-state index contributed by atoms with van der Waals surface area (Å²) in [6, 6.07) is 13.9. The van der Waals surface area contributed by atoms with Gasteiger partial charge in [0.15, 0.2) is 0 Å². The second-order valence-electron chi connectivity index (χ2n) is 7.60. The topological polar surface area (TPSA) is 145 Å². The first-order chi connectivity index (χ1) is 16.4. The van der Waals surface area contributed by atoms with Gasteiger partial charge in [-0.05, 0) is 49.2 Å². The maximum absolute atomic E-state index is 13.2. The maximum atomic E-state index is 13.2. The molecule has 2 heterocycles. The van der Waals surface area contributed by atoms with E-state index in [4.69, 9.17) is 5.73 Å². The predicted octanol–water partition coefficient (Wildman–Crippen LogP) is 3.08. The van der Waals surface area contributed by atoms with Crippen molar-refractivity contribution in [3.8, 4) is 11.8 Å². The zero-order valence-electron chi connectivity index (χ0n) is 17.9. The number of benzene rings is 2. The fraction of sp³-hybridized carbons (Fsp3) is 0.174. The van der Waals surface area contributed by atoms with Gasteiger partial charge in [0.05, 0.1) is 16.3 Å². The van der Waals surface area contributed by atoms with Crippen molar-refractivity contribution in [1.29, 1.82) is 5.26 Å². The molecule has 0 saturated carbocycles. The van der Waals surface area contributed by atoms with Crippen molar-refractivity contribution in [2.24, 2.45) is 0 Å². The van der Waals surface area contributed by atoms with Gasteiger partial charge in [0, 0.05) is 35.8 Å². The van der Waals surface area contributed by atoms with Crippen LogP contribution >= 0.6 is 0 Å². The summed E-state index contributed by atoms with van der Waals surface area (Å²) >= 11 is 0. The number of nitriles is 1. The van der Waals surface area contributed by atoms with Gasteiger partial charge < -0.3 is 15.6 Å². The molecule has 11 heteroatoms. The van der Waals surface area contributed by atoms with Gasteiger partial charge in [0.25, 0.3) is 5.69 Å². The van der Waals surface area contributed by atoms with E-state index in [0.717, 1.165) is 5.52 Å². The largest absolute Gasteiger partial charge is 0.382 e. The van der Waals surface area contributed by atoms with Gasteiger partial charge in [-0.15, -0.1) is 0 Å². The van der Waals surface area contributed by atoms with Gasteiger partial charge in [0.2, 0.25) is 5.91 Å². The lowest BCUT2D eigenvalue weighted by molar-refractivity contribution is -0.384. The molecule has 0 saturated heterocycles. The quantitative estimate of drug-likeness (QED) is 0.234. The number of halogens is 1. The minimum absolute atomic E-state index is 0.00560. The molecule has 4 rings (SSSR count). The van der Waals surface area contributed by atoms with Crippen molar-refractivity contribution in [3.63, 3.8) is 0 Å². The number of nitrogens with zero attached hydrogens (tertiary/aromatic N) is 5. The van der Waals surface area contributed by atoms with Gasteiger partial charge in [-0.1, -0.05) is 0 Å². The first-order valence-electron chi connectivity index (χ1n) is 10.4. The van der Waals surface area contributed by atoms with E-state index in [1.807, 2.05) is 0 Å². The maximum Gasteiger partial charge on any atom is 0.270 e. The van der Waals surface area contributed by atoms with Crippen LogP contribution in [0.1, 0.15) is 17.7 Å². The van der Waals surface area contributed by atoms with Crippen LogP contribution in [0.2, 0.25) is 0 Å². The molecular formula is C23H20FN7O3. The molecule has 2 aromatic carbocycles. The fourth-order valence-corrected chi connectivity index (χ4v) is 3.69. The molecule has 0 radical (unpaired) electrons. The Kier molecular flexibility index (Phi) is 6.22. The second-order valence-corrected chi connectivity index (χ2v) is 7.60. The number of nitrogens with two attached hydrogens (primary N) is 1. The molecule has 0 aliphatic rings. The summed E-state index contributed by atoms with van der Waals surface area (Å²) in [6.45, 7) is 0.425. The Morgan fingerprint density at radius 3 is 2.71 bits per heavy atom. The summed E-state index contributed by atoms with van der Waals surface area (Å²) in [7, 11) is 0. The average Bonchev–Trinajstić information content (AvgIpc) is 3.37. The predicted molar refractivity (Wildman–Crippen MR) is 123 cm³/mol. The first kappa shape index (κ1) is 22.5. The highest BCUT2D eigenvalue weighted by molar-refractivity contribution is 5.85. The molecule has 0 aliphatic heterocycles. The Morgan fingerprint density at radius 1 is 1.24 bits per heavy atom. The van der Waals surface area contributed by atoms with Crippen LogP contribution in [0.4, 0.5) is 15.9 Å². The molecule has 2 aromatic heterocycles. The molecule has 0 aliphatic carbocycles. The molecule has 10 nitrogen and oxygen atoms in total. The summed E-state index contributed by atoms with van der Waals surface area (Å²) in [4.78, 5) is 22.8. The highest BCUT2D eigenvalue weighted by Gasteiger charge is 2.17. The zero-order valence-corrected chi connectivity index (χ0v) is 17.9. The van der Waals surface area contributed by atoms with Crippen molar-refractivity contribution in [1.82, 2.24) is 19.7 Å². The van der Waals surface area contributed by atoms with E-state index >= 15 is 0 Å². The normalized spacial score (nSPS) is 10.8. The van der Waals surface area contributed by atoms with Gasteiger partial charge in [-0.2, -0.15) is 10.4 Å². The Labute approximate surface area is 193 Å². The molecule has 0 unspecified atom stereocenters. The van der Waals surface area contributed by atoms with Gasteiger partial charge in [-0.3, -0.25) is 14.9 Å². The van der Waals surface area contributed by atoms with Crippen LogP contribution in [0.3, 0.4) is 0 Å². The van der Waals surface area contributed by atoms with Crippen LogP contribution < -0.4 is 11.1 Å². The average molecular weight is 461 g/mol. The SMILES string of the molecule is N#Cc1c(CCCNC(=O)Cn2ccc3cc([N+](=O)[O-])ccc32)nn(-c2ccc(F)cc2)c1N. The van der Waals surface area contributed by atoms with Gasteiger partial charge >= 0.3 is 0 Å². The number of amides is 1. The number of nitro benzene ring substituents is 1. The highest BCUT2D eigenvalue weighted by Crippen LogP contribution is 2.23. The Balaban J connectivity index is 1.35. The number of carbonyl (C=O) groups excluding carboxylic acids is 1.